The van der Waals surface area contributed by atoms with E-state index < -0.39 is 27.0 Å². The highest BCUT2D eigenvalue weighted by Gasteiger charge is 2.63. The molecule has 0 atom stereocenters. The van der Waals surface area contributed by atoms with Crippen LogP contribution in [0.2, 0.25) is 10.0 Å². The zero-order valence-corrected chi connectivity index (χ0v) is 41.4. The van der Waals surface area contributed by atoms with Crippen molar-refractivity contribution >= 4 is 87.5 Å². The van der Waals surface area contributed by atoms with Crippen molar-refractivity contribution in [2.24, 2.45) is 0 Å². The molecule has 0 spiro atoms. The normalized spacial score (nSPS) is 16.6. The molecule has 8 aromatic rings. The minimum atomic E-state index is -1.60. The minimum absolute atomic E-state index is 0.290. The van der Waals surface area contributed by atoms with Gasteiger partial charge in [-0.2, -0.15) is 0 Å². The van der Waals surface area contributed by atoms with Crippen LogP contribution in [0, 0.1) is 11.6 Å². The molecule has 4 aromatic carbocycles. The van der Waals surface area contributed by atoms with E-state index in [4.69, 9.17) is 41.8 Å². The van der Waals surface area contributed by atoms with E-state index in [1.54, 1.807) is 30.7 Å². The van der Waals surface area contributed by atoms with Gasteiger partial charge >= 0.3 is 21.1 Å². The van der Waals surface area contributed by atoms with E-state index in [1.807, 2.05) is 91.8 Å². The highest BCUT2D eigenvalue weighted by molar-refractivity contribution is 9.10. The maximum absolute atomic E-state index is 14.3. The summed E-state index contributed by atoms with van der Waals surface area (Å²) in [5, 5.41) is 21.2. The Balaban J connectivity index is 0.000000140. The molecule has 68 heavy (non-hydrogen) atoms. The van der Waals surface area contributed by atoms with Crippen molar-refractivity contribution in [2.45, 2.75) is 77.8 Å². The number of benzene rings is 4. The lowest BCUT2D eigenvalue weighted by Crippen LogP contribution is -2.41. The van der Waals surface area contributed by atoms with Crippen molar-refractivity contribution in [3.8, 4) is 45.0 Å². The van der Waals surface area contributed by atoms with Gasteiger partial charge in [-0.1, -0.05) is 41.4 Å². The molecule has 0 radical (unpaired) electrons. The summed E-state index contributed by atoms with van der Waals surface area (Å²) in [4.78, 5) is 23.2. The first-order chi connectivity index (χ1) is 32.0. The largest absolute Gasteiger partial charge is 0.490 e. The molecule has 0 bridgehead atoms. The van der Waals surface area contributed by atoms with E-state index in [9.17, 15) is 18.8 Å². The van der Waals surface area contributed by atoms with Crippen LogP contribution in [0.3, 0.4) is 0 Å². The SMILES string of the molecule is CC1(C)OB(B2OC(C)(C)C(C)(C)O2)OC1(C)C.Fc1ccc(Cl)cc1-c1[nH]cnc1-c1ccc2ncc(Br)cc2c1.OB(O)c1cnc2ccc(-c3nc[nH]c3-c3cc(Cl)ccc3F)cc2c1. The number of nitrogens with one attached hydrogen (secondary N) is 2. The van der Waals surface area contributed by atoms with Gasteiger partial charge in [-0.05, 0) is 138 Å². The molecule has 20 heteroatoms. The Morgan fingerprint density at radius 3 is 1.40 bits per heavy atom. The summed E-state index contributed by atoms with van der Waals surface area (Å²) in [5.41, 5.74) is 5.08. The summed E-state index contributed by atoms with van der Waals surface area (Å²) in [6.45, 7) is 16.2. The molecule has 6 heterocycles. The number of fused-ring (bicyclic) bond motifs is 2. The maximum atomic E-state index is 14.3. The number of rotatable bonds is 6. The molecule has 12 nitrogen and oxygen atoms in total. The van der Waals surface area contributed by atoms with Crippen LogP contribution >= 0.6 is 39.1 Å². The van der Waals surface area contributed by atoms with E-state index >= 15 is 0 Å². The van der Waals surface area contributed by atoms with Crippen LogP contribution in [0.5, 0.6) is 0 Å². The molecule has 2 fully saturated rings. The van der Waals surface area contributed by atoms with Crippen LogP contribution < -0.4 is 5.46 Å². The van der Waals surface area contributed by atoms with Gasteiger partial charge in [-0.25, -0.2) is 18.7 Å². The van der Waals surface area contributed by atoms with Crippen molar-refractivity contribution < 1.29 is 37.4 Å². The summed E-state index contributed by atoms with van der Waals surface area (Å²) in [7, 11) is -2.55. The van der Waals surface area contributed by atoms with Crippen LogP contribution in [0.15, 0.2) is 114 Å². The van der Waals surface area contributed by atoms with E-state index in [0.29, 0.717) is 54.9 Å². The molecule has 2 saturated heterocycles. The number of H-pyrrole nitrogens is 2. The summed E-state index contributed by atoms with van der Waals surface area (Å²) >= 11 is 15.4. The quantitative estimate of drug-likeness (QED) is 0.118. The highest BCUT2D eigenvalue weighted by Crippen LogP contribution is 2.43. The van der Waals surface area contributed by atoms with Gasteiger partial charge in [0.2, 0.25) is 0 Å². The summed E-state index contributed by atoms with van der Waals surface area (Å²) in [6, 6.07) is 23.7. The van der Waals surface area contributed by atoms with E-state index in [1.165, 1.54) is 42.9 Å². The number of halogens is 5. The molecule has 348 valence electrons. The zero-order valence-electron chi connectivity index (χ0n) is 38.3. The van der Waals surface area contributed by atoms with Crippen LogP contribution in [0.25, 0.3) is 66.8 Å². The number of imidazole rings is 2. The standard InChI is InChI=1S/C18H12BClFN3O2.C18H10BrClFN3.C12H24B2O4/c20-13-2-3-15(21)14(7-13)18-17(23-9-24-18)10-1-4-16-11(5-10)6-12(8-22-16)19(25)26;19-12-6-11-5-10(1-4-16(11)22-8-12)17-18(24-9-23-17)14-7-13(20)2-3-15(14)21;1-9(2)10(3,4)16-13(15-9)14-17-11(5,6)12(7,8)18-14/h1-9,25-26H,(H,23,24);1-9H,(H,23,24);1-8H3. The molecule has 0 amide bonds. The Kier molecular flexibility index (Phi) is 13.9. The molecule has 2 aliphatic heterocycles. The third-order valence-corrected chi connectivity index (χ3v) is 13.5. The lowest BCUT2D eigenvalue weighted by atomic mass is 9.49. The van der Waals surface area contributed by atoms with Crippen molar-refractivity contribution in [2.75, 3.05) is 0 Å². The van der Waals surface area contributed by atoms with Gasteiger partial charge in [0.15, 0.2) is 0 Å². The molecule has 4 aromatic heterocycles. The first-order valence-corrected chi connectivity index (χ1v) is 23.1. The Morgan fingerprint density at radius 1 is 0.559 bits per heavy atom. The fourth-order valence-electron chi connectivity index (χ4n) is 7.50. The Hall–Kier alpha value is -5.01. The van der Waals surface area contributed by atoms with E-state index in [2.05, 4.69) is 45.8 Å². The van der Waals surface area contributed by atoms with Gasteiger partial charge in [0, 0.05) is 65.4 Å². The fraction of sp³-hybridized carbons (Fsp3) is 0.250. The Labute approximate surface area is 411 Å². The topological polar surface area (TPSA) is 161 Å². The Morgan fingerprint density at radius 2 is 0.971 bits per heavy atom. The van der Waals surface area contributed by atoms with Gasteiger partial charge in [-0.15, -0.1) is 0 Å². The van der Waals surface area contributed by atoms with Gasteiger partial charge in [0.1, 0.15) is 11.6 Å². The lowest BCUT2D eigenvalue weighted by Gasteiger charge is -2.32. The van der Waals surface area contributed by atoms with Crippen LogP contribution in [-0.2, 0) is 18.6 Å². The summed E-state index contributed by atoms with van der Waals surface area (Å²) in [6.07, 6.45) is 6.20. The van der Waals surface area contributed by atoms with Crippen LogP contribution in [0.1, 0.15) is 55.4 Å². The smallest absolute Gasteiger partial charge is 0.423 e. The minimum Gasteiger partial charge on any atom is -0.423 e. The third-order valence-electron chi connectivity index (χ3n) is 12.6. The first kappa shape index (κ1) is 49.4. The van der Waals surface area contributed by atoms with Gasteiger partial charge in [-0.3, -0.25) is 9.97 Å². The Bertz CT molecular complexity index is 3090. The molecular formula is C48H46B3BrCl2F2N6O6. The molecule has 0 saturated carbocycles. The van der Waals surface area contributed by atoms with Gasteiger partial charge in [0.05, 0.1) is 68.9 Å². The number of aromatic amines is 2. The van der Waals surface area contributed by atoms with Crippen molar-refractivity contribution in [1.29, 1.82) is 0 Å². The predicted molar refractivity (Wildman–Crippen MR) is 269 cm³/mol. The number of aromatic nitrogens is 6. The van der Waals surface area contributed by atoms with Crippen molar-refractivity contribution in [3.05, 3.63) is 136 Å². The highest BCUT2D eigenvalue weighted by atomic mass is 79.9. The van der Waals surface area contributed by atoms with Crippen molar-refractivity contribution in [3.63, 3.8) is 0 Å². The second-order valence-electron chi connectivity index (χ2n) is 18.4. The van der Waals surface area contributed by atoms with Crippen molar-refractivity contribution in [1.82, 2.24) is 29.9 Å². The first-order valence-electron chi connectivity index (χ1n) is 21.5. The monoisotopic (exact) mass is 1020 g/mol. The molecule has 4 N–H and O–H groups in total. The van der Waals surface area contributed by atoms with Crippen LogP contribution in [-0.4, -0.2) is 83.5 Å². The van der Waals surface area contributed by atoms with Crippen LogP contribution in [0.4, 0.5) is 8.78 Å². The number of hydrogen-bond acceptors (Lipinski definition) is 10. The predicted octanol–water partition coefficient (Wildman–Crippen LogP) is 10.9. The van der Waals surface area contributed by atoms with E-state index in [0.717, 1.165) is 26.5 Å². The molecular weight excluding hydrogens is 978 g/mol. The molecule has 0 aliphatic carbocycles. The third kappa shape index (κ3) is 10.2. The molecule has 0 unspecified atom stereocenters. The second-order valence-corrected chi connectivity index (χ2v) is 20.1. The number of pyridine rings is 2. The van der Waals surface area contributed by atoms with E-state index in [-0.39, 0.29) is 33.7 Å². The average molecular weight is 1020 g/mol. The van der Waals surface area contributed by atoms with Gasteiger partial charge in [0.25, 0.3) is 0 Å². The second kappa shape index (κ2) is 19.1. The number of hydrogen-bond donors (Lipinski definition) is 4. The average Bonchev–Trinajstić information content (AvgIpc) is 4.06. The van der Waals surface area contributed by atoms with Gasteiger partial charge < -0.3 is 38.6 Å². The molecule has 2 aliphatic rings. The maximum Gasteiger partial charge on any atom is 0.490 e. The fourth-order valence-corrected chi connectivity index (χ4v) is 8.20. The summed E-state index contributed by atoms with van der Waals surface area (Å²) < 4.78 is 53.2. The number of nitrogens with zero attached hydrogens (tertiary/aromatic N) is 4. The lowest BCUT2D eigenvalue weighted by molar-refractivity contribution is 0.00578. The zero-order chi connectivity index (χ0) is 48.9. The summed E-state index contributed by atoms with van der Waals surface area (Å²) in [5.74, 6) is -0.761. The molecule has 10 rings (SSSR count).